The minimum Gasteiger partial charge on any atom is -0.393 e. The largest absolute Gasteiger partial charge is 0.393 e. The first-order valence-electron chi connectivity index (χ1n) is 17.5. The molecule has 47 heavy (non-hydrogen) atoms. The van der Waals surface area contributed by atoms with Crippen molar-refractivity contribution in [3.8, 4) is 11.1 Å². The Kier molecular flexibility index (Phi) is 20.0. The number of rotatable bonds is 8. The summed E-state index contributed by atoms with van der Waals surface area (Å²) in [4.78, 5) is 5.43. The Morgan fingerprint density at radius 2 is 1.19 bits per heavy atom. The van der Waals surface area contributed by atoms with E-state index in [0.29, 0.717) is 5.41 Å². The van der Waals surface area contributed by atoms with Crippen molar-refractivity contribution >= 4 is 15.7 Å². The predicted molar refractivity (Wildman–Crippen MR) is 208 cm³/mol. The number of hydrogen-bond acceptors (Lipinski definition) is 4. The average Bonchev–Trinajstić information content (AvgIpc) is 3.61. The lowest BCUT2D eigenvalue weighted by atomic mass is 9.84. The summed E-state index contributed by atoms with van der Waals surface area (Å²) < 4.78 is 24.7. The molecule has 3 aliphatic carbocycles. The highest BCUT2D eigenvalue weighted by molar-refractivity contribution is 7.90. The average molecular weight is 673 g/mol. The standard InChI is InChI=1S/C16H15NO.C10H20.C7H16.C6H13NO2S.2CH4/c1-11(2)18-17-16-14-9-5-3-7-12(14)13-8-4-6-10-15(13)16;1-9(2)7-8-10-5-3-4-6-10;1-6(2)7(3,4)5;1-5(2)7-10(8,9)6-3-4-6;;/h3-11H,1-2H3;9-10H,3-8H2,1-2H3;6H,1-5H3;5-7H,3-4H2,1-2H3;2*1H4. The second-order valence-electron chi connectivity index (χ2n) is 15.3. The Labute approximate surface area is 291 Å². The molecule has 2 aromatic rings. The number of sulfonamides is 1. The molecule has 6 heteroatoms. The lowest BCUT2D eigenvalue weighted by Gasteiger charge is -2.22. The van der Waals surface area contributed by atoms with Crippen LogP contribution in [0.25, 0.3) is 11.1 Å². The highest BCUT2D eigenvalue weighted by atomic mass is 32.2. The van der Waals surface area contributed by atoms with Crippen LogP contribution < -0.4 is 4.72 Å². The second kappa shape index (κ2) is 21.0. The smallest absolute Gasteiger partial charge is 0.214 e. The van der Waals surface area contributed by atoms with Crippen molar-refractivity contribution < 1.29 is 13.3 Å². The molecule has 5 nitrogen and oxygen atoms in total. The molecule has 1 N–H and O–H groups in total. The van der Waals surface area contributed by atoms with E-state index in [1.807, 2.05) is 39.8 Å². The maximum atomic E-state index is 11.1. The summed E-state index contributed by atoms with van der Waals surface area (Å²) in [6.07, 6.45) is 10.8. The van der Waals surface area contributed by atoms with Gasteiger partial charge in [-0.25, -0.2) is 13.1 Å². The van der Waals surface area contributed by atoms with Crippen LogP contribution in [-0.4, -0.2) is 31.5 Å². The second-order valence-corrected chi connectivity index (χ2v) is 17.3. The summed E-state index contributed by atoms with van der Waals surface area (Å²) in [6, 6.07) is 16.7. The molecule has 0 amide bonds. The Morgan fingerprint density at radius 1 is 0.766 bits per heavy atom. The van der Waals surface area contributed by atoms with Gasteiger partial charge < -0.3 is 4.84 Å². The van der Waals surface area contributed by atoms with Crippen molar-refractivity contribution in [2.24, 2.45) is 28.3 Å². The third-order valence-corrected chi connectivity index (χ3v) is 10.9. The van der Waals surface area contributed by atoms with E-state index in [0.717, 1.165) is 47.4 Å². The molecule has 0 radical (unpaired) electrons. The highest BCUT2D eigenvalue weighted by Crippen LogP contribution is 2.36. The van der Waals surface area contributed by atoms with E-state index < -0.39 is 10.0 Å². The molecule has 0 aliphatic heterocycles. The third-order valence-electron chi connectivity index (χ3n) is 8.73. The van der Waals surface area contributed by atoms with Gasteiger partial charge in [-0.3, -0.25) is 0 Å². The summed E-state index contributed by atoms with van der Waals surface area (Å²) in [5, 5.41) is 4.23. The van der Waals surface area contributed by atoms with E-state index in [9.17, 15) is 8.42 Å². The minimum atomic E-state index is -2.94. The van der Waals surface area contributed by atoms with Crippen molar-refractivity contribution in [3.63, 3.8) is 0 Å². The summed E-state index contributed by atoms with van der Waals surface area (Å²) >= 11 is 0. The number of hydrogen-bond donors (Lipinski definition) is 1. The molecule has 2 fully saturated rings. The van der Waals surface area contributed by atoms with Crippen LogP contribution in [0, 0.1) is 23.2 Å². The van der Waals surface area contributed by atoms with E-state index in [2.05, 4.69) is 94.7 Å². The Morgan fingerprint density at radius 3 is 1.53 bits per heavy atom. The van der Waals surface area contributed by atoms with Crippen molar-refractivity contribution in [1.82, 2.24) is 4.72 Å². The first kappa shape index (κ1) is 44.8. The van der Waals surface area contributed by atoms with E-state index >= 15 is 0 Å². The van der Waals surface area contributed by atoms with Crippen molar-refractivity contribution in [3.05, 3.63) is 59.7 Å². The maximum absolute atomic E-state index is 11.1. The van der Waals surface area contributed by atoms with Crippen LogP contribution in [0.3, 0.4) is 0 Å². The molecular formula is C41H72N2O3S. The van der Waals surface area contributed by atoms with Gasteiger partial charge in [0.25, 0.3) is 0 Å². The SMILES string of the molecule is C.C.CC(C)C(C)(C)C.CC(C)CCC1CCCC1.CC(C)NS(=O)(=O)C1CC1.CC(C)ON=C1c2ccccc2-c2ccccc21. The fourth-order valence-corrected chi connectivity index (χ4v) is 6.53. The molecular weight excluding hydrogens is 601 g/mol. The maximum Gasteiger partial charge on any atom is 0.214 e. The van der Waals surface area contributed by atoms with Crippen LogP contribution in [0.15, 0.2) is 53.7 Å². The fourth-order valence-electron chi connectivity index (χ4n) is 4.92. The Balaban J connectivity index is 0.000000635. The normalized spacial score (nSPS) is 15.3. The van der Waals surface area contributed by atoms with Gasteiger partial charge in [0.15, 0.2) is 0 Å². The topological polar surface area (TPSA) is 67.8 Å². The summed E-state index contributed by atoms with van der Waals surface area (Å²) in [6.45, 7) is 23.6. The van der Waals surface area contributed by atoms with Crippen molar-refractivity contribution in [2.45, 2.75) is 160 Å². The van der Waals surface area contributed by atoms with Crippen LogP contribution in [0.5, 0.6) is 0 Å². The number of nitrogens with one attached hydrogen (secondary N) is 1. The van der Waals surface area contributed by atoms with Crippen LogP contribution >= 0.6 is 0 Å². The van der Waals surface area contributed by atoms with Gasteiger partial charge in [-0.15, -0.1) is 0 Å². The van der Waals surface area contributed by atoms with E-state index in [1.54, 1.807) is 0 Å². The van der Waals surface area contributed by atoms with Gasteiger partial charge in [-0.2, -0.15) is 0 Å². The lowest BCUT2D eigenvalue weighted by Crippen LogP contribution is -2.32. The van der Waals surface area contributed by atoms with Gasteiger partial charge in [0.05, 0.1) is 5.25 Å². The Bertz CT molecular complexity index is 1230. The molecule has 2 aromatic carbocycles. The number of fused-ring (bicyclic) bond motifs is 3. The molecule has 0 heterocycles. The van der Waals surface area contributed by atoms with Crippen molar-refractivity contribution in [1.29, 1.82) is 0 Å². The van der Waals surface area contributed by atoms with E-state index in [1.165, 1.54) is 49.7 Å². The van der Waals surface area contributed by atoms with E-state index in [-0.39, 0.29) is 32.2 Å². The molecule has 5 rings (SSSR count). The molecule has 0 aromatic heterocycles. The zero-order valence-corrected chi connectivity index (χ0v) is 31.1. The van der Waals surface area contributed by atoms with Gasteiger partial charge in [0.2, 0.25) is 10.0 Å². The number of oxime groups is 1. The lowest BCUT2D eigenvalue weighted by molar-refractivity contribution is 0.0863. The number of nitrogens with zero attached hydrogens (tertiary/aromatic N) is 1. The molecule has 0 atom stereocenters. The van der Waals surface area contributed by atoms with Crippen LogP contribution in [0.2, 0.25) is 0 Å². The summed E-state index contributed by atoms with van der Waals surface area (Å²) in [5.41, 5.74) is 6.21. The minimum absolute atomic E-state index is 0. The summed E-state index contributed by atoms with van der Waals surface area (Å²) in [7, 11) is -2.94. The van der Waals surface area contributed by atoms with Crippen LogP contribution in [-0.2, 0) is 14.9 Å². The van der Waals surface area contributed by atoms with Gasteiger partial charge in [-0.1, -0.05) is 156 Å². The molecule has 0 unspecified atom stereocenters. The zero-order valence-electron chi connectivity index (χ0n) is 30.3. The van der Waals surface area contributed by atoms with E-state index in [4.69, 9.17) is 4.84 Å². The van der Waals surface area contributed by atoms with Gasteiger partial charge >= 0.3 is 0 Å². The van der Waals surface area contributed by atoms with Gasteiger partial charge in [0, 0.05) is 17.2 Å². The molecule has 0 saturated heterocycles. The van der Waals surface area contributed by atoms with Gasteiger partial charge in [-0.05, 0) is 74.8 Å². The number of benzene rings is 2. The third kappa shape index (κ3) is 16.2. The quantitative estimate of drug-likeness (QED) is 0.242. The summed E-state index contributed by atoms with van der Waals surface area (Å²) in [5.74, 6) is 2.82. The molecule has 270 valence electrons. The van der Waals surface area contributed by atoms with Crippen molar-refractivity contribution in [2.75, 3.05) is 0 Å². The first-order chi connectivity index (χ1) is 21.0. The molecule has 0 spiro atoms. The molecule has 3 aliphatic rings. The van der Waals surface area contributed by atoms with Crippen LogP contribution in [0.1, 0.15) is 154 Å². The fraction of sp³-hybridized carbons (Fsp3) is 0.683. The highest BCUT2D eigenvalue weighted by Gasteiger charge is 2.35. The zero-order chi connectivity index (χ0) is 33.8. The predicted octanol–water partition coefficient (Wildman–Crippen LogP) is 11.9. The monoisotopic (exact) mass is 673 g/mol. The molecule has 2 saturated carbocycles. The van der Waals surface area contributed by atoms with Gasteiger partial charge in [0.1, 0.15) is 11.8 Å². The first-order valence-corrected chi connectivity index (χ1v) is 19.0. The molecule has 0 bridgehead atoms. The Hall–Kier alpha value is -2.18. The van der Waals surface area contributed by atoms with Crippen LogP contribution in [0.4, 0.5) is 0 Å².